The van der Waals surface area contributed by atoms with Gasteiger partial charge in [-0.25, -0.2) is 4.98 Å². The topological polar surface area (TPSA) is 66.7 Å². The van der Waals surface area contributed by atoms with Crippen LogP contribution in [0, 0.1) is 0 Å². The lowest BCUT2D eigenvalue weighted by Gasteiger charge is -2.32. The fourth-order valence-corrected chi connectivity index (χ4v) is 4.23. The van der Waals surface area contributed by atoms with E-state index in [1.165, 1.54) is 9.96 Å². The number of para-hydroxylation sites is 1. The highest BCUT2D eigenvalue weighted by molar-refractivity contribution is 5.94. The second-order valence-corrected chi connectivity index (χ2v) is 8.09. The van der Waals surface area contributed by atoms with E-state index in [2.05, 4.69) is 39.5 Å². The van der Waals surface area contributed by atoms with Crippen molar-refractivity contribution in [3.63, 3.8) is 0 Å². The van der Waals surface area contributed by atoms with E-state index in [-0.39, 0.29) is 17.5 Å². The van der Waals surface area contributed by atoms with Crippen LogP contribution >= 0.6 is 0 Å². The van der Waals surface area contributed by atoms with Crippen LogP contribution in [0.15, 0.2) is 77.7 Å². The molecule has 0 radical (unpaired) electrons. The summed E-state index contributed by atoms with van der Waals surface area (Å²) in [5.41, 5.74) is 2.82. The molecule has 5 rings (SSSR count). The van der Waals surface area contributed by atoms with E-state index in [0.29, 0.717) is 22.1 Å². The Balaban J connectivity index is 1.27. The maximum atomic E-state index is 12.8. The number of nitrogens with zero attached hydrogens (tertiary/aromatic N) is 3. The van der Waals surface area contributed by atoms with Crippen LogP contribution in [0.4, 0.5) is 0 Å². The standard InChI is InChI=1S/C25H24N4O2/c30-24(26-20-12-14-28(15-13-20)16-18-6-2-1-3-7-18)19-10-11-23-27-22-9-5-4-8-21(22)25(31)29(23)17-19/h1-11,17,20H,12-16H2,(H,26,30). The minimum atomic E-state index is -0.163. The largest absolute Gasteiger partial charge is 0.349 e. The third-order valence-corrected chi connectivity index (χ3v) is 5.95. The molecule has 3 heterocycles. The number of fused-ring (bicyclic) bond motifs is 2. The number of amides is 1. The Kier molecular flexibility index (Phi) is 5.22. The lowest BCUT2D eigenvalue weighted by Crippen LogP contribution is -2.44. The molecule has 0 bridgehead atoms. The van der Waals surface area contributed by atoms with Crippen LogP contribution in [0.1, 0.15) is 28.8 Å². The number of aromatic nitrogens is 2. The van der Waals surface area contributed by atoms with E-state index in [4.69, 9.17) is 0 Å². The Bertz CT molecular complexity index is 1290. The molecule has 0 spiro atoms. The predicted octanol–water partition coefficient (Wildman–Crippen LogP) is 3.24. The fourth-order valence-electron chi connectivity index (χ4n) is 4.23. The molecule has 0 atom stereocenters. The number of hydrogen-bond donors (Lipinski definition) is 1. The van der Waals surface area contributed by atoms with Crippen LogP contribution in [0.5, 0.6) is 0 Å². The summed E-state index contributed by atoms with van der Waals surface area (Å²) < 4.78 is 1.46. The average molecular weight is 412 g/mol. The fraction of sp³-hybridized carbons (Fsp3) is 0.240. The zero-order chi connectivity index (χ0) is 21.2. The Morgan fingerprint density at radius 1 is 0.968 bits per heavy atom. The first kappa shape index (κ1) is 19.5. The molecule has 6 heteroatoms. The summed E-state index contributed by atoms with van der Waals surface area (Å²) in [5.74, 6) is -0.150. The Morgan fingerprint density at radius 2 is 1.71 bits per heavy atom. The zero-order valence-corrected chi connectivity index (χ0v) is 17.2. The summed E-state index contributed by atoms with van der Waals surface area (Å²) in [6.45, 7) is 2.84. The van der Waals surface area contributed by atoms with Gasteiger partial charge in [-0.2, -0.15) is 0 Å². The Morgan fingerprint density at radius 3 is 2.52 bits per heavy atom. The number of pyridine rings is 1. The number of nitrogens with one attached hydrogen (secondary N) is 1. The highest BCUT2D eigenvalue weighted by Crippen LogP contribution is 2.15. The quantitative estimate of drug-likeness (QED) is 0.523. The van der Waals surface area contributed by atoms with Crippen molar-refractivity contribution in [2.24, 2.45) is 0 Å². The molecule has 156 valence electrons. The van der Waals surface area contributed by atoms with Crippen molar-refractivity contribution in [2.45, 2.75) is 25.4 Å². The monoisotopic (exact) mass is 412 g/mol. The molecular weight excluding hydrogens is 388 g/mol. The minimum absolute atomic E-state index is 0.140. The van der Waals surface area contributed by atoms with Crippen LogP contribution in [-0.2, 0) is 6.54 Å². The first-order chi connectivity index (χ1) is 15.2. The van der Waals surface area contributed by atoms with Crippen LogP contribution in [0.25, 0.3) is 16.6 Å². The van der Waals surface area contributed by atoms with Crippen molar-refractivity contribution in [3.8, 4) is 0 Å². The average Bonchev–Trinajstić information content (AvgIpc) is 2.81. The number of hydrogen-bond acceptors (Lipinski definition) is 4. The van der Waals surface area contributed by atoms with Gasteiger partial charge in [0.05, 0.1) is 16.5 Å². The van der Waals surface area contributed by atoms with E-state index in [1.807, 2.05) is 24.3 Å². The molecule has 1 fully saturated rings. The van der Waals surface area contributed by atoms with Gasteiger partial charge in [0.15, 0.2) is 0 Å². The molecule has 1 saturated heterocycles. The van der Waals surface area contributed by atoms with Gasteiger partial charge in [0.25, 0.3) is 11.5 Å². The number of piperidine rings is 1. The maximum absolute atomic E-state index is 12.8. The van der Waals surface area contributed by atoms with Gasteiger partial charge in [-0.15, -0.1) is 0 Å². The smallest absolute Gasteiger partial charge is 0.265 e. The van der Waals surface area contributed by atoms with Crippen LogP contribution in [0.3, 0.4) is 0 Å². The molecule has 6 nitrogen and oxygen atoms in total. The Labute approximate surface area is 180 Å². The third-order valence-electron chi connectivity index (χ3n) is 5.95. The van der Waals surface area contributed by atoms with E-state index in [0.717, 1.165) is 32.5 Å². The number of benzene rings is 2. The number of carbonyl (C=O) groups is 1. The lowest BCUT2D eigenvalue weighted by atomic mass is 10.0. The second kappa shape index (κ2) is 8.32. The molecule has 1 N–H and O–H groups in total. The van der Waals surface area contributed by atoms with Crippen molar-refractivity contribution in [1.29, 1.82) is 0 Å². The molecule has 0 unspecified atom stereocenters. The van der Waals surface area contributed by atoms with Gasteiger partial charge in [0.1, 0.15) is 5.65 Å². The molecule has 31 heavy (non-hydrogen) atoms. The van der Waals surface area contributed by atoms with Crippen LogP contribution in [-0.4, -0.2) is 39.3 Å². The molecule has 2 aromatic carbocycles. The van der Waals surface area contributed by atoms with E-state index < -0.39 is 0 Å². The highest BCUT2D eigenvalue weighted by atomic mass is 16.2. The number of rotatable bonds is 4. The summed E-state index contributed by atoms with van der Waals surface area (Å²) in [6, 6.07) is 21.3. The predicted molar refractivity (Wildman–Crippen MR) is 121 cm³/mol. The van der Waals surface area contributed by atoms with Crippen molar-refractivity contribution < 1.29 is 4.79 Å². The van der Waals surface area contributed by atoms with Gasteiger partial charge in [0.2, 0.25) is 0 Å². The SMILES string of the molecule is O=C(NC1CCN(Cc2ccccc2)CC1)c1ccc2nc3ccccc3c(=O)n2c1. The van der Waals surface area contributed by atoms with E-state index in [9.17, 15) is 9.59 Å². The Hall–Kier alpha value is -3.51. The van der Waals surface area contributed by atoms with Crippen molar-refractivity contribution in [1.82, 2.24) is 19.6 Å². The first-order valence-electron chi connectivity index (χ1n) is 10.7. The normalized spacial score (nSPS) is 15.4. The first-order valence-corrected chi connectivity index (χ1v) is 10.7. The molecule has 1 aliphatic rings. The van der Waals surface area contributed by atoms with Crippen molar-refractivity contribution in [2.75, 3.05) is 13.1 Å². The summed E-state index contributed by atoms with van der Waals surface area (Å²) in [7, 11) is 0. The zero-order valence-electron chi connectivity index (χ0n) is 17.2. The molecule has 1 aliphatic heterocycles. The van der Waals surface area contributed by atoms with Gasteiger partial charge in [-0.3, -0.25) is 18.9 Å². The molecule has 1 amide bonds. The van der Waals surface area contributed by atoms with Crippen molar-refractivity contribution >= 4 is 22.5 Å². The van der Waals surface area contributed by atoms with Gasteiger partial charge < -0.3 is 5.32 Å². The summed E-state index contributed by atoms with van der Waals surface area (Å²) >= 11 is 0. The van der Waals surface area contributed by atoms with Crippen LogP contribution < -0.4 is 10.9 Å². The molecule has 2 aromatic heterocycles. The number of carbonyl (C=O) groups excluding carboxylic acids is 1. The summed E-state index contributed by atoms with van der Waals surface area (Å²) in [6.07, 6.45) is 3.42. The second-order valence-electron chi connectivity index (χ2n) is 8.09. The molecule has 0 saturated carbocycles. The summed E-state index contributed by atoms with van der Waals surface area (Å²) in [5, 5.41) is 3.68. The highest BCUT2D eigenvalue weighted by Gasteiger charge is 2.21. The van der Waals surface area contributed by atoms with Gasteiger partial charge in [-0.1, -0.05) is 42.5 Å². The molecule has 4 aromatic rings. The van der Waals surface area contributed by atoms with Gasteiger partial charge in [0, 0.05) is 31.9 Å². The van der Waals surface area contributed by atoms with Crippen LogP contribution in [0.2, 0.25) is 0 Å². The maximum Gasteiger partial charge on any atom is 0.265 e. The minimum Gasteiger partial charge on any atom is -0.349 e. The van der Waals surface area contributed by atoms with Gasteiger partial charge in [-0.05, 0) is 42.7 Å². The third kappa shape index (κ3) is 4.07. The van der Waals surface area contributed by atoms with Crippen molar-refractivity contribution in [3.05, 3.63) is 94.4 Å². The van der Waals surface area contributed by atoms with Gasteiger partial charge >= 0.3 is 0 Å². The number of likely N-dealkylation sites (tertiary alicyclic amines) is 1. The molecular formula is C25H24N4O2. The molecule has 0 aliphatic carbocycles. The summed E-state index contributed by atoms with van der Waals surface area (Å²) in [4.78, 5) is 32.6. The van der Waals surface area contributed by atoms with E-state index >= 15 is 0 Å². The van der Waals surface area contributed by atoms with E-state index in [1.54, 1.807) is 24.4 Å². The lowest BCUT2D eigenvalue weighted by molar-refractivity contribution is 0.0908.